The van der Waals surface area contributed by atoms with Crippen LogP contribution in [0, 0.1) is 0 Å². The Morgan fingerprint density at radius 3 is 2.68 bits per heavy atom. The number of fused-ring (bicyclic) bond motifs is 6. The summed E-state index contributed by atoms with van der Waals surface area (Å²) in [5, 5.41) is 7.01. The van der Waals surface area contributed by atoms with Gasteiger partial charge in [0.2, 0.25) is 5.95 Å². The molecule has 0 atom stereocenters. The van der Waals surface area contributed by atoms with Gasteiger partial charge in [-0.15, -0.1) is 24.2 Å². The molecule has 0 radical (unpaired) electrons. The van der Waals surface area contributed by atoms with Crippen LogP contribution in [0.3, 0.4) is 0 Å². The average molecular weight is 391 g/mol. The van der Waals surface area contributed by atoms with Crippen LogP contribution in [0.4, 0.5) is 23.1 Å². The molecular formula is C18H16Cl2N4S. The second kappa shape index (κ2) is 7.95. The summed E-state index contributed by atoms with van der Waals surface area (Å²) in [7, 11) is 0. The van der Waals surface area contributed by atoms with Crippen molar-refractivity contribution in [2.75, 3.05) is 16.4 Å². The van der Waals surface area contributed by atoms with Crippen LogP contribution in [-0.2, 0) is 6.42 Å². The van der Waals surface area contributed by atoms with Crippen molar-refractivity contribution in [3.63, 3.8) is 0 Å². The maximum Gasteiger partial charge on any atom is 0.229 e. The van der Waals surface area contributed by atoms with Gasteiger partial charge < -0.3 is 10.6 Å². The summed E-state index contributed by atoms with van der Waals surface area (Å²) in [6.07, 6.45) is 2.61. The minimum Gasteiger partial charge on any atom is -0.339 e. The van der Waals surface area contributed by atoms with Crippen molar-refractivity contribution in [2.45, 2.75) is 11.3 Å². The molecule has 1 aromatic heterocycles. The Kier molecular flexibility index (Phi) is 5.68. The van der Waals surface area contributed by atoms with E-state index in [1.807, 2.05) is 36.0 Å². The fourth-order valence-electron chi connectivity index (χ4n) is 2.54. The molecule has 7 heteroatoms. The van der Waals surface area contributed by atoms with Crippen LogP contribution in [0.5, 0.6) is 0 Å². The molecule has 2 aromatic carbocycles. The van der Waals surface area contributed by atoms with E-state index in [0.29, 0.717) is 16.8 Å². The Hall–Kier alpha value is -1.95. The second-order valence-corrected chi connectivity index (χ2v) is 7.04. The van der Waals surface area contributed by atoms with Crippen LogP contribution in [0.1, 0.15) is 5.56 Å². The number of benzene rings is 2. The quantitative estimate of drug-likeness (QED) is 0.516. The van der Waals surface area contributed by atoms with Crippen LogP contribution in [0.2, 0.25) is 5.02 Å². The fraction of sp³-hybridized carbons (Fsp3) is 0.111. The van der Waals surface area contributed by atoms with Crippen LogP contribution in [0.25, 0.3) is 0 Å². The van der Waals surface area contributed by atoms with Gasteiger partial charge in [-0.1, -0.05) is 29.8 Å². The van der Waals surface area contributed by atoms with Gasteiger partial charge in [0, 0.05) is 22.0 Å². The summed E-state index contributed by atoms with van der Waals surface area (Å²) in [6.45, 7) is 0. The van der Waals surface area contributed by atoms with E-state index in [1.54, 1.807) is 6.20 Å². The van der Waals surface area contributed by atoms with Crippen LogP contribution < -0.4 is 10.6 Å². The van der Waals surface area contributed by atoms with Crippen molar-refractivity contribution in [2.24, 2.45) is 0 Å². The Bertz CT molecular complexity index is 888. The van der Waals surface area contributed by atoms with Crippen molar-refractivity contribution in [1.82, 2.24) is 9.97 Å². The first kappa shape index (κ1) is 17.9. The van der Waals surface area contributed by atoms with E-state index in [2.05, 4.69) is 44.9 Å². The first-order valence-corrected chi connectivity index (χ1v) is 9.01. The van der Waals surface area contributed by atoms with Gasteiger partial charge >= 0.3 is 0 Å². The lowest BCUT2D eigenvalue weighted by molar-refractivity contribution is 1.14. The summed E-state index contributed by atoms with van der Waals surface area (Å²) in [4.78, 5) is 9.98. The summed E-state index contributed by atoms with van der Waals surface area (Å²) >= 11 is 8.08. The molecule has 1 aliphatic rings. The number of hydrogen-bond acceptors (Lipinski definition) is 5. The number of hydrogen-bond donors (Lipinski definition) is 2. The summed E-state index contributed by atoms with van der Waals surface area (Å²) < 4.78 is 0. The highest BCUT2D eigenvalue weighted by atomic mass is 35.5. The van der Waals surface area contributed by atoms with E-state index >= 15 is 0 Å². The van der Waals surface area contributed by atoms with Gasteiger partial charge in [0.15, 0.2) is 5.82 Å². The summed E-state index contributed by atoms with van der Waals surface area (Å²) in [6, 6.07) is 16.6. The Morgan fingerprint density at radius 1 is 1.00 bits per heavy atom. The highest BCUT2D eigenvalue weighted by Crippen LogP contribution is 2.28. The molecule has 128 valence electrons. The van der Waals surface area contributed by atoms with Crippen molar-refractivity contribution in [1.29, 1.82) is 0 Å². The number of aromatic nitrogens is 2. The minimum absolute atomic E-state index is 0. The van der Waals surface area contributed by atoms with Gasteiger partial charge in [0.25, 0.3) is 0 Å². The van der Waals surface area contributed by atoms with E-state index in [4.69, 9.17) is 11.6 Å². The first-order chi connectivity index (χ1) is 11.8. The molecule has 4 rings (SSSR count). The predicted molar refractivity (Wildman–Crippen MR) is 108 cm³/mol. The molecule has 0 saturated carbocycles. The number of nitrogens with zero attached hydrogens (tertiary/aromatic N) is 2. The smallest absolute Gasteiger partial charge is 0.229 e. The zero-order valence-electron chi connectivity index (χ0n) is 13.2. The van der Waals surface area contributed by atoms with Crippen molar-refractivity contribution >= 4 is 58.9 Å². The molecule has 0 amide bonds. The molecule has 0 unspecified atom stereocenters. The van der Waals surface area contributed by atoms with Crippen LogP contribution >= 0.6 is 35.8 Å². The third kappa shape index (κ3) is 4.37. The number of anilines is 4. The van der Waals surface area contributed by atoms with Crippen LogP contribution in [-0.4, -0.2) is 15.7 Å². The molecule has 3 aromatic rings. The van der Waals surface area contributed by atoms with Gasteiger partial charge in [-0.25, -0.2) is 4.98 Å². The number of nitrogens with one attached hydrogen (secondary N) is 2. The standard InChI is InChI=1S/C18H15ClN4S.ClH/c19-16-11-20-18-22-14-5-2-6-15(10-14)24-8-7-12-3-1-4-13(9-12)21-17(16)23-18;/h1-6,9-11H,7-8H2,(H2,20,21,22,23);1H. The lowest BCUT2D eigenvalue weighted by atomic mass is 10.1. The molecular weight excluding hydrogens is 375 g/mol. The molecule has 0 fully saturated rings. The number of thioether (sulfide) groups is 1. The summed E-state index contributed by atoms with van der Waals surface area (Å²) in [5.41, 5.74) is 3.22. The van der Waals surface area contributed by atoms with E-state index in [-0.39, 0.29) is 12.4 Å². The second-order valence-electron chi connectivity index (χ2n) is 5.47. The van der Waals surface area contributed by atoms with Crippen molar-refractivity contribution in [3.05, 3.63) is 65.3 Å². The van der Waals surface area contributed by atoms with Gasteiger partial charge in [-0.2, -0.15) is 4.98 Å². The fourth-order valence-corrected chi connectivity index (χ4v) is 3.63. The molecule has 0 saturated heterocycles. The topological polar surface area (TPSA) is 49.8 Å². The van der Waals surface area contributed by atoms with E-state index in [1.165, 1.54) is 10.5 Å². The molecule has 25 heavy (non-hydrogen) atoms. The zero-order chi connectivity index (χ0) is 16.4. The average Bonchev–Trinajstić information content (AvgIpc) is 2.58. The Balaban J connectivity index is 0.00000182. The molecule has 0 aliphatic carbocycles. The first-order valence-electron chi connectivity index (χ1n) is 7.65. The molecule has 4 nitrogen and oxygen atoms in total. The molecule has 2 heterocycles. The normalized spacial score (nSPS) is 12.8. The van der Waals surface area contributed by atoms with E-state index < -0.39 is 0 Å². The monoisotopic (exact) mass is 390 g/mol. The minimum atomic E-state index is 0. The Morgan fingerprint density at radius 2 is 1.80 bits per heavy atom. The zero-order valence-corrected chi connectivity index (χ0v) is 15.6. The third-order valence-corrected chi connectivity index (χ3v) is 4.96. The molecule has 0 spiro atoms. The van der Waals surface area contributed by atoms with E-state index in [0.717, 1.165) is 23.5 Å². The third-order valence-electron chi connectivity index (χ3n) is 3.68. The highest BCUT2D eigenvalue weighted by Gasteiger charge is 2.08. The molecule has 1 aliphatic heterocycles. The lowest BCUT2D eigenvalue weighted by Crippen LogP contribution is -2.02. The SMILES string of the molecule is Cl.Clc1cnc2nc1Nc1cccc(c1)CCSc1cccc(c1)N2. The number of aryl methyl sites for hydroxylation is 1. The number of rotatable bonds is 0. The maximum absolute atomic E-state index is 6.24. The van der Waals surface area contributed by atoms with Crippen molar-refractivity contribution < 1.29 is 0 Å². The van der Waals surface area contributed by atoms with Crippen LogP contribution in [0.15, 0.2) is 59.6 Å². The molecule has 2 N–H and O–H groups in total. The van der Waals surface area contributed by atoms with Gasteiger partial charge in [-0.05, 0) is 42.3 Å². The Labute approximate surface area is 161 Å². The van der Waals surface area contributed by atoms with Crippen molar-refractivity contribution in [3.8, 4) is 0 Å². The van der Waals surface area contributed by atoms with Gasteiger partial charge in [0.1, 0.15) is 5.02 Å². The summed E-state index contributed by atoms with van der Waals surface area (Å²) in [5.74, 6) is 2.13. The van der Waals surface area contributed by atoms with Gasteiger partial charge in [-0.3, -0.25) is 0 Å². The highest BCUT2D eigenvalue weighted by molar-refractivity contribution is 7.99. The lowest BCUT2D eigenvalue weighted by Gasteiger charge is -2.13. The number of halogens is 2. The molecule has 6 bridgehead atoms. The largest absolute Gasteiger partial charge is 0.339 e. The predicted octanol–water partition coefficient (Wildman–Crippen LogP) is 5.69. The van der Waals surface area contributed by atoms with E-state index in [9.17, 15) is 0 Å². The maximum atomic E-state index is 6.24. The van der Waals surface area contributed by atoms with Gasteiger partial charge in [0.05, 0.1) is 6.20 Å².